The van der Waals surface area contributed by atoms with Crippen LogP contribution in [-0.4, -0.2) is 49.1 Å². The van der Waals surface area contributed by atoms with Gasteiger partial charge in [0.05, 0.1) is 18.8 Å². The minimum absolute atomic E-state index is 0.0207. The van der Waals surface area contributed by atoms with E-state index < -0.39 is 17.8 Å². The summed E-state index contributed by atoms with van der Waals surface area (Å²) in [6, 6.07) is 5.07. The first kappa shape index (κ1) is 15.4. The highest BCUT2D eigenvalue weighted by molar-refractivity contribution is 5.98. The van der Waals surface area contributed by atoms with Gasteiger partial charge in [0, 0.05) is 13.1 Å². The van der Waals surface area contributed by atoms with Crippen LogP contribution in [0.3, 0.4) is 0 Å². The van der Waals surface area contributed by atoms with Crippen molar-refractivity contribution in [2.45, 2.75) is 19.4 Å². The van der Waals surface area contributed by atoms with Crippen LogP contribution in [0.4, 0.5) is 4.39 Å². The molecule has 0 saturated carbocycles. The molecule has 1 aliphatic heterocycles. The number of hydrogen-bond acceptors (Lipinski definition) is 3. The largest absolute Gasteiger partial charge is 0.377 e. The van der Waals surface area contributed by atoms with Crippen molar-refractivity contribution in [1.82, 2.24) is 10.2 Å². The number of rotatable bonds is 4. The van der Waals surface area contributed by atoms with Gasteiger partial charge in [-0.3, -0.25) is 9.59 Å². The third-order valence-electron chi connectivity index (χ3n) is 3.35. The summed E-state index contributed by atoms with van der Waals surface area (Å²) < 4.78 is 19.0. The van der Waals surface area contributed by atoms with Gasteiger partial charge in [-0.2, -0.15) is 0 Å². The number of morpholine rings is 1. The van der Waals surface area contributed by atoms with E-state index in [4.69, 9.17) is 4.74 Å². The second-order valence-electron chi connectivity index (χ2n) is 4.86. The highest BCUT2D eigenvalue weighted by atomic mass is 19.1. The molecule has 5 nitrogen and oxygen atoms in total. The first-order valence-electron chi connectivity index (χ1n) is 7.06. The van der Waals surface area contributed by atoms with Crippen LogP contribution in [0.25, 0.3) is 0 Å². The highest BCUT2D eigenvalue weighted by Crippen LogP contribution is 2.15. The molecule has 1 aromatic rings. The molecule has 6 heteroatoms. The number of amides is 2. The van der Waals surface area contributed by atoms with Gasteiger partial charge in [-0.15, -0.1) is 0 Å². The molecule has 1 N–H and O–H groups in total. The number of carbonyl (C=O) groups excluding carboxylic acids is 2. The second kappa shape index (κ2) is 7.17. The van der Waals surface area contributed by atoms with Crippen molar-refractivity contribution < 1.29 is 18.7 Å². The Morgan fingerprint density at radius 3 is 2.90 bits per heavy atom. The predicted molar refractivity (Wildman–Crippen MR) is 75.3 cm³/mol. The van der Waals surface area contributed by atoms with Gasteiger partial charge in [0.25, 0.3) is 5.91 Å². The highest BCUT2D eigenvalue weighted by Gasteiger charge is 2.33. The topological polar surface area (TPSA) is 58.6 Å². The van der Waals surface area contributed by atoms with E-state index in [0.29, 0.717) is 13.2 Å². The van der Waals surface area contributed by atoms with Crippen LogP contribution in [0.15, 0.2) is 24.3 Å². The number of nitrogens with zero attached hydrogens (tertiary/aromatic N) is 1. The zero-order valence-electron chi connectivity index (χ0n) is 12.0. The molecule has 1 heterocycles. The van der Waals surface area contributed by atoms with E-state index in [2.05, 4.69) is 5.32 Å². The Labute approximate surface area is 123 Å². The summed E-state index contributed by atoms with van der Waals surface area (Å²) in [7, 11) is 0. The van der Waals surface area contributed by atoms with Crippen molar-refractivity contribution in [2.24, 2.45) is 0 Å². The summed E-state index contributed by atoms with van der Waals surface area (Å²) in [5.74, 6) is -1.32. The lowest BCUT2D eigenvalue weighted by atomic mass is 10.1. The predicted octanol–water partition coefficient (Wildman–Crippen LogP) is 1.19. The minimum atomic E-state index is -0.711. The van der Waals surface area contributed by atoms with Gasteiger partial charge >= 0.3 is 0 Å². The Kier molecular flexibility index (Phi) is 5.27. The molecule has 114 valence electrons. The lowest BCUT2D eigenvalue weighted by Crippen LogP contribution is -2.56. The van der Waals surface area contributed by atoms with E-state index in [1.807, 2.05) is 6.92 Å². The molecule has 1 saturated heterocycles. The summed E-state index contributed by atoms with van der Waals surface area (Å²) in [5, 5.41) is 2.75. The van der Waals surface area contributed by atoms with Gasteiger partial charge in [-0.25, -0.2) is 4.39 Å². The maximum Gasteiger partial charge on any atom is 0.257 e. The van der Waals surface area contributed by atoms with Crippen LogP contribution < -0.4 is 5.32 Å². The molecular weight excluding hydrogens is 275 g/mol. The molecule has 2 rings (SSSR count). The average Bonchev–Trinajstić information content (AvgIpc) is 2.52. The van der Waals surface area contributed by atoms with Gasteiger partial charge in [0.2, 0.25) is 5.91 Å². The molecule has 1 fully saturated rings. The number of benzene rings is 1. The Morgan fingerprint density at radius 1 is 1.43 bits per heavy atom. The van der Waals surface area contributed by atoms with Crippen molar-refractivity contribution in [2.75, 3.05) is 26.3 Å². The number of halogens is 1. The molecule has 1 aromatic carbocycles. The molecule has 0 spiro atoms. The quantitative estimate of drug-likeness (QED) is 0.907. The van der Waals surface area contributed by atoms with Gasteiger partial charge in [-0.05, 0) is 18.6 Å². The summed E-state index contributed by atoms with van der Waals surface area (Å²) in [6.07, 6.45) is 0.806. The van der Waals surface area contributed by atoms with Crippen LogP contribution >= 0.6 is 0 Å². The molecule has 0 bridgehead atoms. The van der Waals surface area contributed by atoms with Gasteiger partial charge in [-0.1, -0.05) is 19.1 Å². The van der Waals surface area contributed by atoms with Crippen molar-refractivity contribution in [3.05, 3.63) is 35.6 Å². The Bertz CT molecular complexity index is 521. The molecule has 1 aliphatic rings. The molecule has 21 heavy (non-hydrogen) atoms. The average molecular weight is 294 g/mol. The first-order chi connectivity index (χ1) is 10.1. The van der Waals surface area contributed by atoms with Crippen LogP contribution in [-0.2, 0) is 9.53 Å². The lowest BCUT2D eigenvalue weighted by molar-refractivity contribution is -0.130. The van der Waals surface area contributed by atoms with E-state index in [-0.39, 0.29) is 24.6 Å². The Hall–Kier alpha value is -1.95. The van der Waals surface area contributed by atoms with Crippen LogP contribution in [0, 0.1) is 5.82 Å². The van der Waals surface area contributed by atoms with Crippen LogP contribution in [0.5, 0.6) is 0 Å². The molecule has 0 aliphatic carbocycles. The molecule has 1 unspecified atom stereocenters. The van der Waals surface area contributed by atoms with Crippen molar-refractivity contribution in [3.8, 4) is 0 Å². The fraction of sp³-hybridized carbons (Fsp3) is 0.467. The first-order valence-corrected chi connectivity index (χ1v) is 7.06. The van der Waals surface area contributed by atoms with E-state index in [1.165, 1.54) is 23.1 Å². The Morgan fingerprint density at radius 2 is 2.19 bits per heavy atom. The van der Waals surface area contributed by atoms with Crippen LogP contribution in [0.1, 0.15) is 23.7 Å². The third-order valence-corrected chi connectivity index (χ3v) is 3.35. The zero-order valence-corrected chi connectivity index (χ0v) is 12.0. The normalized spacial score (nSPS) is 18.4. The van der Waals surface area contributed by atoms with Gasteiger partial charge in [0.15, 0.2) is 0 Å². The molecule has 0 radical (unpaired) electrons. The van der Waals surface area contributed by atoms with E-state index in [0.717, 1.165) is 6.42 Å². The van der Waals surface area contributed by atoms with E-state index in [1.54, 1.807) is 6.07 Å². The van der Waals surface area contributed by atoms with E-state index >= 15 is 0 Å². The fourth-order valence-electron chi connectivity index (χ4n) is 2.22. The fourth-order valence-corrected chi connectivity index (χ4v) is 2.22. The Balaban J connectivity index is 2.16. The molecule has 2 amide bonds. The zero-order chi connectivity index (χ0) is 15.2. The summed E-state index contributed by atoms with van der Waals surface area (Å²) in [4.78, 5) is 26.0. The summed E-state index contributed by atoms with van der Waals surface area (Å²) >= 11 is 0. The molecule has 0 aromatic heterocycles. The monoisotopic (exact) mass is 294 g/mol. The maximum absolute atomic E-state index is 13.7. The van der Waals surface area contributed by atoms with Crippen molar-refractivity contribution in [3.63, 3.8) is 0 Å². The van der Waals surface area contributed by atoms with Crippen LogP contribution in [0.2, 0.25) is 0 Å². The minimum Gasteiger partial charge on any atom is -0.377 e. The number of ether oxygens (including phenoxy) is 1. The van der Waals surface area contributed by atoms with E-state index in [9.17, 15) is 14.0 Å². The third kappa shape index (κ3) is 3.58. The standard InChI is InChI=1S/C15H19FN2O3/c1-2-7-17-14(19)13-10-21-9-8-18(13)15(20)11-5-3-4-6-12(11)16/h3-6,13H,2,7-10H2,1H3,(H,17,19). The second-order valence-corrected chi connectivity index (χ2v) is 4.86. The summed E-state index contributed by atoms with van der Waals surface area (Å²) in [5.41, 5.74) is -0.0207. The van der Waals surface area contributed by atoms with Crippen molar-refractivity contribution >= 4 is 11.8 Å². The number of nitrogens with one attached hydrogen (secondary N) is 1. The van der Waals surface area contributed by atoms with Gasteiger partial charge in [0.1, 0.15) is 11.9 Å². The SMILES string of the molecule is CCCNC(=O)C1COCCN1C(=O)c1ccccc1F. The maximum atomic E-state index is 13.7. The van der Waals surface area contributed by atoms with Crippen molar-refractivity contribution in [1.29, 1.82) is 0 Å². The van der Waals surface area contributed by atoms with Gasteiger partial charge < -0.3 is 15.0 Å². The number of hydrogen-bond donors (Lipinski definition) is 1. The smallest absolute Gasteiger partial charge is 0.257 e. The lowest BCUT2D eigenvalue weighted by Gasteiger charge is -2.34. The summed E-state index contributed by atoms with van der Waals surface area (Å²) in [6.45, 7) is 3.24. The molecular formula is C15H19FN2O3. The molecule has 1 atom stereocenters. The number of carbonyl (C=O) groups is 2.